The van der Waals surface area contributed by atoms with E-state index >= 15 is 0 Å². The zero-order chi connectivity index (χ0) is 25.8. The fourth-order valence-electron chi connectivity index (χ4n) is 4.00. The van der Waals surface area contributed by atoms with E-state index in [1.54, 1.807) is 17.9 Å². The molecule has 1 heterocycles. The quantitative estimate of drug-likeness (QED) is 0.226. The number of anilines is 2. The van der Waals surface area contributed by atoms with Gasteiger partial charge in [-0.1, -0.05) is 32.1 Å². The topological polar surface area (TPSA) is 68.2 Å². The number of allylic oxidation sites excluding steroid dienone is 1. The minimum absolute atomic E-state index is 0.0198. The third-order valence-corrected chi connectivity index (χ3v) is 6.16. The van der Waals surface area contributed by atoms with Crippen molar-refractivity contribution in [3.8, 4) is 0 Å². The lowest BCUT2D eigenvalue weighted by atomic mass is 9.97. The maximum absolute atomic E-state index is 13.2. The lowest BCUT2D eigenvalue weighted by molar-refractivity contribution is -0.137. The van der Waals surface area contributed by atoms with Crippen LogP contribution in [0.15, 0.2) is 59.2 Å². The van der Waals surface area contributed by atoms with E-state index in [1.165, 1.54) is 19.2 Å². The average molecular weight is 489 g/mol. The number of rotatable bonds is 6. The summed E-state index contributed by atoms with van der Waals surface area (Å²) in [5.41, 5.74) is 2.92. The Kier molecular flexibility index (Phi) is 8.22. The smallest absolute Gasteiger partial charge is 0.355 e. The minimum atomic E-state index is -4.38. The molecule has 2 N–H and O–H groups in total. The molecular formula is C26H31F3N4O2. The maximum atomic E-state index is 13.2. The van der Waals surface area contributed by atoms with E-state index in [1.807, 2.05) is 32.0 Å². The number of carbonyl (C=O) groups is 1. The van der Waals surface area contributed by atoms with Gasteiger partial charge in [-0.15, -0.1) is 0 Å². The van der Waals surface area contributed by atoms with Crippen molar-refractivity contribution in [2.45, 2.75) is 46.3 Å². The Balaban J connectivity index is 1.78. The SMILES string of the molecule is C/C=C(\N=C(C(C)CC)N(C)O)C(=O)N1CCc2c(cccc2Nc2ccc(C(F)(F)F)cc2)C1. The number of hydroxylamine groups is 2. The number of hydrogen-bond acceptors (Lipinski definition) is 4. The molecule has 35 heavy (non-hydrogen) atoms. The van der Waals surface area contributed by atoms with Crippen LogP contribution in [0.5, 0.6) is 0 Å². The fraction of sp³-hybridized carbons (Fsp3) is 0.385. The molecule has 1 aliphatic heterocycles. The molecule has 2 aromatic carbocycles. The van der Waals surface area contributed by atoms with Crippen LogP contribution in [0.2, 0.25) is 0 Å². The Morgan fingerprint density at radius 1 is 1.26 bits per heavy atom. The van der Waals surface area contributed by atoms with Gasteiger partial charge in [0.25, 0.3) is 5.91 Å². The first kappa shape index (κ1) is 26.3. The molecule has 0 bridgehead atoms. The van der Waals surface area contributed by atoms with Crippen molar-refractivity contribution in [1.82, 2.24) is 9.96 Å². The number of nitrogens with one attached hydrogen (secondary N) is 1. The maximum Gasteiger partial charge on any atom is 0.416 e. The summed E-state index contributed by atoms with van der Waals surface area (Å²) in [5.74, 6) is 0.185. The number of hydrogen-bond donors (Lipinski definition) is 2. The van der Waals surface area contributed by atoms with Gasteiger partial charge in [-0.25, -0.2) is 10.1 Å². The van der Waals surface area contributed by atoms with Gasteiger partial charge in [0.1, 0.15) is 11.5 Å². The van der Waals surface area contributed by atoms with E-state index in [-0.39, 0.29) is 17.5 Å². The Hall–Kier alpha value is -3.33. The second-order valence-corrected chi connectivity index (χ2v) is 8.60. The summed E-state index contributed by atoms with van der Waals surface area (Å²) in [6.45, 7) is 6.52. The van der Waals surface area contributed by atoms with Gasteiger partial charge in [0, 0.05) is 37.4 Å². The number of amidine groups is 1. The molecule has 2 aromatic rings. The molecule has 3 rings (SSSR count). The van der Waals surface area contributed by atoms with Crippen molar-refractivity contribution < 1.29 is 23.2 Å². The van der Waals surface area contributed by atoms with Gasteiger partial charge >= 0.3 is 6.18 Å². The van der Waals surface area contributed by atoms with Crippen molar-refractivity contribution in [3.05, 3.63) is 70.9 Å². The van der Waals surface area contributed by atoms with E-state index < -0.39 is 11.7 Å². The largest absolute Gasteiger partial charge is 0.416 e. The first-order chi connectivity index (χ1) is 16.5. The van der Waals surface area contributed by atoms with Gasteiger partial charge < -0.3 is 10.2 Å². The first-order valence-electron chi connectivity index (χ1n) is 11.6. The number of fused-ring (bicyclic) bond motifs is 1. The lowest BCUT2D eigenvalue weighted by Gasteiger charge is -2.31. The van der Waals surface area contributed by atoms with Gasteiger partial charge in [0.2, 0.25) is 0 Å². The zero-order valence-electron chi connectivity index (χ0n) is 20.4. The standard InChI is InChI=1S/C26H31F3N4O2/c1-5-17(3)24(32(4)35)31-22(6-2)25(34)33-15-14-21-18(16-33)8-7-9-23(21)30-20-12-10-19(11-13-20)26(27,28)29/h6-13,17,30,35H,5,14-16H2,1-4H3/b22-6-,31-24?. The predicted octanol–water partition coefficient (Wildman–Crippen LogP) is 6.00. The zero-order valence-corrected chi connectivity index (χ0v) is 20.4. The number of aliphatic imine (C=N–C) groups is 1. The second-order valence-electron chi connectivity index (χ2n) is 8.60. The molecule has 0 saturated heterocycles. The van der Waals surface area contributed by atoms with Gasteiger partial charge in [-0.2, -0.15) is 13.2 Å². The molecule has 6 nitrogen and oxygen atoms in total. The molecule has 1 amide bonds. The van der Waals surface area contributed by atoms with E-state index in [4.69, 9.17) is 0 Å². The van der Waals surface area contributed by atoms with Crippen LogP contribution in [0, 0.1) is 5.92 Å². The minimum Gasteiger partial charge on any atom is -0.355 e. The molecule has 0 aromatic heterocycles. The summed E-state index contributed by atoms with van der Waals surface area (Å²) in [5, 5.41) is 14.1. The third kappa shape index (κ3) is 6.22. The van der Waals surface area contributed by atoms with Gasteiger partial charge in [0.05, 0.1) is 5.56 Å². The summed E-state index contributed by atoms with van der Waals surface area (Å²) in [4.78, 5) is 19.4. The van der Waals surface area contributed by atoms with Crippen LogP contribution in [0.25, 0.3) is 0 Å². The number of amides is 1. The monoisotopic (exact) mass is 488 g/mol. The molecule has 0 spiro atoms. The highest BCUT2D eigenvalue weighted by Gasteiger charge is 2.30. The summed E-state index contributed by atoms with van der Waals surface area (Å²) in [6, 6.07) is 10.6. The van der Waals surface area contributed by atoms with Crippen molar-refractivity contribution >= 4 is 23.1 Å². The highest BCUT2D eigenvalue weighted by Crippen LogP contribution is 2.32. The molecule has 188 valence electrons. The van der Waals surface area contributed by atoms with Crippen molar-refractivity contribution in [2.75, 3.05) is 18.9 Å². The molecule has 1 atom stereocenters. The normalized spacial score (nSPS) is 15.5. The number of benzene rings is 2. The predicted molar refractivity (Wildman–Crippen MR) is 130 cm³/mol. The molecule has 1 unspecified atom stereocenters. The number of alkyl halides is 3. The van der Waals surface area contributed by atoms with Crippen LogP contribution in [0.1, 0.15) is 43.9 Å². The average Bonchev–Trinajstić information content (AvgIpc) is 2.83. The van der Waals surface area contributed by atoms with E-state index in [0.29, 0.717) is 31.0 Å². The summed E-state index contributed by atoms with van der Waals surface area (Å²) in [7, 11) is 1.49. The van der Waals surface area contributed by atoms with Crippen molar-refractivity contribution in [2.24, 2.45) is 10.9 Å². The highest BCUT2D eigenvalue weighted by molar-refractivity contribution is 5.97. The van der Waals surface area contributed by atoms with Crippen molar-refractivity contribution in [3.63, 3.8) is 0 Å². The van der Waals surface area contributed by atoms with E-state index in [2.05, 4.69) is 10.3 Å². The Labute approximate surface area is 203 Å². The van der Waals surface area contributed by atoms with Crippen LogP contribution in [-0.2, 0) is 23.9 Å². The van der Waals surface area contributed by atoms with Crippen molar-refractivity contribution in [1.29, 1.82) is 0 Å². The van der Waals surface area contributed by atoms with Gasteiger partial charge in [-0.3, -0.25) is 10.0 Å². The summed E-state index contributed by atoms with van der Waals surface area (Å²) >= 11 is 0. The van der Waals surface area contributed by atoms with Crippen LogP contribution < -0.4 is 5.32 Å². The Morgan fingerprint density at radius 2 is 1.94 bits per heavy atom. The highest BCUT2D eigenvalue weighted by atomic mass is 19.4. The summed E-state index contributed by atoms with van der Waals surface area (Å²) in [6.07, 6.45) is -1.38. The second kappa shape index (κ2) is 10.9. The Morgan fingerprint density at radius 3 is 2.51 bits per heavy atom. The molecule has 1 aliphatic rings. The molecule has 0 radical (unpaired) electrons. The van der Waals surface area contributed by atoms with E-state index in [9.17, 15) is 23.2 Å². The Bertz CT molecular complexity index is 1110. The lowest BCUT2D eigenvalue weighted by Crippen LogP contribution is -2.37. The van der Waals surface area contributed by atoms with Crippen LogP contribution >= 0.6 is 0 Å². The summed E-state index contributed by atoms with van der Waals surface area (Å²) < 4.78 is 38.5. The van der Waals surface area contributed by atoms with E-state index in [0.717, 1.165) is 40.4 Å². The number of nitrogens with zero attached hydrogens (tertiary/aromatic N) is 3. The molecule has 0 saturated carbocycles. The molecule has 9 heteroatoms. The molecule has 0 aliphatic carbocycles. The molecular weight excluding hydrogens is 457 g/mol. The molecule has 0 fully saturated rings. The van der Waals surface area contributed by atoms with Crippen LogP contribution in [0.3, 0.4) is 0 Å². The number of carbonyl (C=O) groups excluding carboxylic acids is 1. The number of halogens is 3. The van der Waals surface area contributed by atoms with Gasteiger partial charge in [-0.05, 0) is 61.2 Å². The van der Waals surface area contributed by atoms with Gasteiger partial charge in [0.15, 0.2) is 0 Å². The third-order valence-electron chi connectivity index (χ3n) is 6.16. The van der Waals surface area contributed by atoms with Crippen LogP contribution in [0.4, 0.5) is 24.5 Å². The first-order valence-corrected chi connectivity index (χ1v) is 11.6. The fourth-order valence-corrected chi connectivity index (χ4v) is 4.00. The van der Waals surface area contributed by atoms with Crippen LogP contribution in [-0.4, -0.2) is 40.5 Å².